The normalized spacial score (nSPS) is 14.5. The first-order valence-corrected chi connectivity index (χ1v) is 15.4. The van der Waals surface area contributed by atoms with E-state index in [-0.39, 0.29) is 5.91 Å². The summed E-state index contributed by atoms with van der Waals surface area (Å²) in [5.41, 5.74) is 3.37. The lowest BCUT2D eigenvalue weighted by Crippen LogP contribution is -2.33. The monoisotopic (exact) mass is 531 g/mol. The first-order chi connectivity index (χ1) is 18.7. The van der Waals surface area contributed by atoms with Crippen LogP contribution < -0.4 is 0 Å². The van der Waals surface area contributed by atoms with Gasteiger partial charge in [0.1, 0.15) is 17.0 Å². The number of carbonyl (C=O) groups excluding carboxylic acids is 1. The summed E-state index contributed by atoms with van der Waals surface area (Å²) in [6, 6.07) is 12.4. The zero-order chi connectivity index (χ0) is 26.3. The van der Waals surface area contributed by atoms with Crippen molar-refractivity contribution in [1.82, 2.24) is 24.3 Å². The molecule has 5 rings (SSSR count). The Morgan fingerprint density at radius 3 is 2.45 bits per heavy atom. The first kappa shape index (κ1) is 26.8. The van der Waals surface area contributed by atoms with Gasteiger partial charge in [0.05, 0.1) is 0 Å². The Morgan fingerprint density at radius 2 is 1.68 bits per heavy atom. The van der Waals surface area contributed by atoms with Crippen LogP contribution in [0, 0.1) is 0 Å². The minimum Gasteiger partial charge on any atom is -0.337 e. The Hall–Kier alpha value is -2.77. The van der Waals surface area contributed by atoms with E-state index in [1.165, 1.54) is 42.4 Å². The number of aromatic nitrogens is 3. The van der Waals surface area contributed by atoms with Gasteiger partial charge in [-0.05, 0) is 69.9 Å². The molecule has 6 nitrogen and oxygen atoms in total. The van der Waals surface area contributed by atoms with Crippen LogP contribution in [-0.2, 0) is 6.54 Å². The van der Waals surface area contributed by atoms with Crippen molar-refractivity contribution in [3.63, 3.8) is 0 Å². The second kappa shape index (κ2) is 12.9. The molecule has 202 valence electrons. The van der Waals surface area contributed by atoms with E-state index in [1.807, 2.05) is 17.0 Å². The summed E-state index contributed by atoms with van der Waals surface area (Å²) in [5.74, 6) is 0.999. The number of unbranched alkanes of at least 4 members (excludes halogenated alkanes) is 2. The maximum Gasteiger partial charge on any atom is 0.272 e. The second-order valence-corrected chi connectivity index (χ2v) is 11.4. The molecule has 1 fully saturated rings. The van der Waals surface area contributed by atoms with E-state index in [1.54, 1.807) is 11.3 Å². The molecule has 0 spiro atoms. The van der Waals surface area contributed by atoms with Crippen molar-refractivity contribution in [2.75, 3.05) is 32.7 Å². The molecule has 0 bridgehead atoms. The molecule has 38 heavy (non-hydrogen) atoms. The molecule has 0 aliphatic carbocycles. The number of thiophene rings is 1. The van der Waals surface area contributed by atoms with Crippen LogP contribution in [0.2, 0.25) is 0 Å². The zero-order valence-electron chi connectivity index (χ0n) is 23.0. The molecular weight excluding hydrogens is 490 g/mol. The van der Waals surface area contributed by atoms with Crippen molar-refractivity contribution in [2.24, 2.45) is 0 Å². The van der Waals surface area contributed by atoms with E-state index in [4.69, 9.17) is 9.97 Å². The highest BCUT2D eigenvalue weighted by atomic mass is 32.1. The number of hydrogen-bond donors (Lipinski definition) is 0. The highest BCUT2D eigenvalue weighted by Gasteiger charge is 2.21. The molecule has 4 aromatic rings. The number of likely N-dealkylation sites (tertiary alicyclic amines) is 1. The third-order valence-corrected chi connectivity index (χ3v) is 8.65. The number of hydrogen-bond acceptors (Lipinski definition) is 5. The number of aryl methyl sites for hydroxylation is 1. The van der Waals surface area contributed by atoms with E-state index >= 15 is 0 Å². The van der Waals surface area contributed by atoms with Crippen LogP contribution in [0.5, 0.6) is 0 Å². The van der Waals surface area contributed by atoms with E-state index in [0.29, 0.717) is 5.69 Å². The molecule has 1 aliphatic rings. The number of amides is 1. The van der Waals surface area contributed by atoms with Crippen LogP contribution >= 0.6 is 11.3 Å². The van der Waals surface area contributed by atoms with E-state index in [2.05, 4.69) is 53.0 Å². The van der Waals surface area contributed by atoms with E-state index in [9.17, 15) is 4.79 Å². The molecule has 1 amide bonds. The van der Waals surface area contributed by atoms with Gasteiger partial charge in [0, 0.05) is 40.7 Å². The molecule has 7 heteroatoms. The highest BCUT2D eigenvalue weighted by molar-refractivity contribution is 7.17. The van der Waals surface area contributed by atoms with Crippen molar-refractivity contribution in [3.05, 3.63) is 47.5 Å². The van der Waals surface area contributed by atoms with Crippen LogP contribution in [0.1, 0.15) is 75.7 Å². The van der Waals surface area contributed by atoms with Crippen molar-refractivity contribution in [1.29, 1.82) is 0 Å². The predicted octanol–water partition coefficient (Wildman–Crippen LogP) is 7.23. The number of nitrogens with zero attached hydrogens (tertiary/aromatic N) is 5. The van der Waals surface area contributed by atoms with Gasteiger partial charge in [0.2, 0.25) is 0 Å². The lowest BCUT2D eigenvalue weighted by atomic mass is 10.1. The van der Waals surface area contributed by atoms with Gasteiger partial charge >= 0.3 is 0 Å². The quantitative estimate of drug-likeness (QED) is 0.193. The first-order valence-electron chi connectivity index (χ1n) is 14.5. The van der Waals surface area contributed by atoms with Gasteiger partial charge in [0.25, 0.3) is 5.91 Å². The molecule has 0 radical (unpaired) electrons. The van der Waals surface area contributed by atoms with Gasteiger partial charge in [-0.15, -0.1) is 11.3 Å². The lowest BCUT2D eigenvalue weighted by molar-refractivity contribution is 0.0745. The molecule has 0 unspecified atom stereocenters. The van der Waals surface area contributed by atoms with Gasteiger partial charge in [-0.25, -0.2) is 9.97 Å². The topological polar surface area (TPSA) is 54.3 Å². The number of piperidine rings is 1. The standard InChI is InChI=1S/C31H41N5OS/c1-3-5-20-35(21-6-4-2)31(37)27-16-15-26-30(33-27)36(22-12-19-34-17-10-7-11-18-34)29(32-26)25-23-38-28-14-9-8-13-24(25)28/h8-9,13-16,23H,3-7,10-12,17-22H2,1-2H3. The Bertz CT molecular complexity index is 1350. The number of benzene rings is 1. The zero-order valence-corrected chi connectivity index (χ0v) is 23.8. The summed E-state index contributed by atoms with van der Waals surface area (Å²) in [6.07, 6.45) is 9.18. The number of imidazole rings is 1. The summed E-state index contributed by atoms with van der Waals surface area (Å²) in [4.78, 5) is 28.2. The van der Waals surface area contributed by atoms with Gasteiger partial charge in [-0.3, -0.25) is 4.79 Å². The van der Waals surface area contributed by atoms with E-state index in [0.717, 1.165) is 80.8 Å². The maximum absolute atomic E-state index is 13.6. The molecule has 1 saturated heterocycles. The van der Waals surface area contributed by atoms with Crippen LogP contribution in [-0.4, -0.2) is 63.0 Å². The summed E-state index contributed by atoms with van der Waals surface area (Å²) in [7, 11) is 0. The molecule has 3 aromatic heterocycles. The predicted molar refractivity (Wildman–Crippen MR) is 159 cm³/mol. The van der Waals surface area contributed by atoms with Crippen LogP contribution in [0.4, 0.5) is 0 Å². The van der Waals surface area contributed by atoms with Crippen LogP contribution in [0.25, 0.3) is 32.6 Å². The largest absolute Gasteiger partial charge is 0.337 e. The molecule has 1 aliphatic heterocycles. The van der Waals surface area contributed by atoms with Gasteiger partial charge in [-0.1, -0.05) is 51.3 Å². The number of carbonyl (C=O) groups is 1. The Morgan fingerprint density at radius 1 is 0.921 bits per heavy atom. The smallest absolute Gasteiger partial charge is 0.272 e. The summed E-state index contributed by atoms with van der Waals surface area (Å²) in [6.45, 7) is 10.3. The fourth-order valence-electron chi connectivity index (χ4n) is 5.50. The number of rotatable bonds is 12. The van der Waals surface area contributed by atoms with Gasteiger partial charge in [0.15, 0.2) is 5.65 Å². The Kier molecular flexibility index (Phi) is 9.07. The van der Waals surface area contributed by atoms with Crippen LogP contribution in [0.3, 0.4) is 0 Å². The summed E-state index contributed by atoms with van der Waals surface area (Å²) < 4.78 is 3.54. The summed E-state index contributed by atoms with van der Waals surface area (Å²) >= 11 is 1.76. The summed E-state index contributed by atoms with van der Waals surface area (Å²) in [5, 5.41) is 3.45. The van der Waals surface area contributed by atoms with Crippen molar-refractivity contribution < 1.29 is 4.79 Å². The number of pyridine rings is 1. The minimum atomic E-state index is 0.0393. The van der Waals surface area contributed by atoms with Gasteiger partial charge in [-0.2, -0.15) is 0 Å². The Balaban J connectivity index is 1.50. The maximum atomic E-state index is 13.6. The molecule has 0 N–H and O–H groups in total. The highest BCUT2D eigenvalue weighted by Crippen LogP contribution is 2.35. The SMILES string of the molecule is CCCCN(CCCC)C(=O)c1ccc2nc(-c3csc4ccccc34)n(CCCN3CCCCC3)c2n1. The lowest BCUT2D eigenvalue weighted by Gasteiger charge is -2.26. The molecule has 0 atom stereocenters. The number of fused-ring (bicyclic) bond motifs is 2. The third-order valence-electron chi connectivity index (χ3n) is 7.69. The Labute approximate surface area is 230 Å². The average Bonchev–Trinajstić information content (AvgIpc) is 3.54. The van der Waals surface area contributed by atoms with Crippen molar-refractivity contribution in [3.8, 4) is 11.4 Å². The van der Waals surface area contributed by atoms with Crippen molar-refractivity contribution >= 4 is 38.5 Å². The second-order valence-electron chi connectivity index (χ2n) is 10.5. The average molecular weight is 532 g/mol. The molecule has 1 aromatic carbocycles. The third kappa shape index (κ3) is 5.94. The molecular formula is C31H41N5OS. The molecule has 4 heterocycles. The molecule has 0 saturated carbocycles. The fraction of sp³-hybridized carbons (Fsp3) is 0.516. The van der Waals surface area contributed by atoms with Crippen LogP contribution in [0.15, 0.2) is 41.8 Å². The van der Waals surface area contributed by atoms with Gasteiger partial charge < -0.3 is 14.4 Å². The van der Waals surface area contributed by atoms with Crippen molar-refractivity contribution in [2.45, 2.75) is 71.8 Å². The fourth-order valence-corrected chi connectivity index (χ4v) is 6.44. The minimum absolute atomic E-state index is 0.0393. The van der Waals surface area contributed by atoms with E-state index < -0.39 is 0 Å².